The van der Waals surface area contributed by atoms with Crippen LogP contribution in [0.25, 0.3) is 61.0 Å². The number of aromatic nitrogens is 2. The zero-order chi connectivity index (χ0) is 43.4. The van der Waals surface area contributed by atoms with Crippen molar-refractivity contribution in [3.05, 3.63) is 218 Å². The lowest BCUT2D eigenvalue weighted by Crippen LogP contribution is -2.24. The zero-order valence-corrected chi connectivity index (χ0v) is 35.9. The van der Waals surface area contributed by atoms with Gasteiger partial charge in [-0.2, -0.15) is 0 Å². The monoisotopic (exact) mass is 832 g/mol. The number of ether oxygens (including phenoxy) is 1. The lowest BCUT2D eigenvalue weighted by Gasteiger charge is -2.25. The number of halogens is 1. The summed E-state index contributed by atoms with van der Waals surface area (Å²) in [4.78, 5) is 9.61. The molecule has 1 aliphatic heterocycles. The lowest BCUT2D eigenvalue weighted by atomic mass is 9.88. The highest BCUT2D eigenvalue weighted by Gasteiger charge is 2.30. The number of fused-ring (bicyclic) bond motifs is 4. The van der Waals surface area contributed by atoms with Gasteiger partial charge in [-0.1, -0.05) is 136 Å². The number of pyridine rings is 1. The van der Waals surface area contributed by atoms with Crippen molar-refractivity contribution in [3.63, 3.8) is 0 Å². The van der Waals surface area contributed by atoms with Gasteiger partial charge in [0.25, 0.3) is 0 Å². The highest BCUT2D eigenvalue weighted by Crippen LogP contribution is 2.49. The number of hydrogen-bond acceptors (Lipinski definition) is 4. The first kappa shape index (κ1) is 38.9. The van der Waals surface area contributed by atoms with Crippen LogP contribution in [0.5, 0.6) is 11.5 Å². The molecule has 8 aromatic carbocycles. The number of hydrogen-bond donors (Lipinski definition) is 0. The van der Waals surface area contributed by atoms with Crippen molar-refractivity contribution in [2.75, 3.05) is 16.5 Å². The van der Waals surface area contributed by atoms with Crippen LogP contribution in [0.15, 0.2) is 206 Å². The summed E-state index contributed by atoms with van der Waals surface area (Å²) in [6, 6.07) is 68.5. The Hall–Kier alpha value is -7.96. The van der Waals surface area contributed by atoms with Gasteiger partial charge in [-0.25, -0.2) is 9.37 Å². The maximum Gasteiger partial charge on any atom is 0.137 e. The molecule has 2 aromatic heterocycles. The molecule has 0 saturated carbocycles. The fourth-order valence-electron chi connectivity index (χ4n) is 9.19. The van der Waals surface area contributed by atoms with Crippen LogP contribution in [0.4, 0.5) is 27.1 Å². The molecule has 0 radical (unpaired) electrons. The summed E-state index contributed by atoms with van der Waals surface area (Å²) < 4.78 is 23.4. The molecule has 11 rings (SSSR count). The predicted molar refractivity (Wildman–Crippen MR) is 262 cm³/mol. The second kappa shape index (κ2) is 15.7. The molecular weight excluding hydrogens is 788 g/mol. The van der Waals surface area contributed by atoms with Gasteiger partial charge in [0.2, 0.25) is 0 Å². The normalized spacial score (nSPS) is 12.6. The quantitative estimate of drug-likeness (QED) is 0.153. The average molecular weight is 833 g/mol. The van der Waals surface area contributed by atoms with Gasteiger partial charge in [0, 0.05) is 40.4 Å². The van der Waals surface area contributed by atoms with Crippen LogP contribution in [0.3, 0.4) is 0 Å². The van der Waals surface area contributed by atoms with Gasteiger partial charge < -0.3 is 14.5 Å². The summed E-state index contributed by atoms with van der Waals surface area (Å²) in [6.07, 6.45) is 1.91. The van der Waals surface area contributed by atoms with Crippen LogP contribution >= 0.6 is 0 Å². The number of benzene rings is 8. The van der Waals surface area contributed by atoms with Crippen molar-refractivity contribution in [2.45, 2.75) is 26.2 Å². The molecular formula is C58H45FN4O. The maximum absolute atomic E-state index is 14.1. The molecule has 1 aliphatic rings. The minimum absolute atomic E-state index is 0.0363. The third-order valence-electron chi connectivity index (χ3n) is 12.3. The summed E-state index contributed by atoms with van der Waals surface area (Å²) in [5.74, 6) is 2.05. The molecule has 0 fully saturated rings. The van der Waals surface area contributed by atoms with E-state index in [0.29, 0.717) is 12.4 Å². The molecule has 6 heteroatoms. The van der Waals surface area contributed by atoms with Crippen LogP contribution in [-0.2, 0) is 5.41 Å². The third kappa shape index (κ3) is 7.03. The largest absolute Gasteiger partial charge is 0.457 e. The summed E-state index contributed by atoms with van der Waals surface area (Å²) in [7, 11) is 0. The van der Waals surface area contributed by atoms with E-state index in [0.717, 1.165) is 89.5 Å². The summed E-state index contributed by atoms with van der Waals surface area (Å²) in [5.41, 5.74) is 13.9. The molecule has 310 valence electrons. The van der Waals surface area contributed by atoms with Gasteiger partial charge in [-0.05, 0) is 112 Å². The first-order valence-corrected chi connectivity index (χ1v) is 21.7. The molecule has 64 heavy (non-hydrogen) atoms. The summed E-state index contributed by atoms with van der Waals surface area (Å²) in [5, 5.41) is 2.29. The topological polar surface area (TPSA) is 33.5 Å². The first-order valence-electron chi connectivity index (χ1n) is 21.7. The molecule has 3 heterocycles. The standard InChI is InChI=1S/C58H45FN4O/c1-58(2,3)42-31-32-60-57(35-42)63-53-22-12-10-20-50(53)51-30-29-45(37-56(51)63)64-46-34-41(48-18-8-7-17-47(48)39-15-5-4-6-16-39)33-44(36-46)61-38-62(55-24-14-13-23-54(55)61)52-21-11-9-19-49(52)40-25-27-43(59)28-26-40/h4-37H,38H2,1-3H3. The second-order valence-corrected chi connectivity index (χ2v) is 17.4. The van der Waals surface area contributed by atoms with E-state index >= 15 is 0 Å². The average Bonchev–Trinajstić information content (AvgIpc) is 3.88. The van der Waals surface area contributed by atoms with Crippen molar-refractivity contribution in [3.8, 4) is 50.7 Å². The Bertz CT molecular complexity index is 3350. The van der Waals surface area contributed by atoms with Crippen molar-refractivity contribution in [1.29, 1.82) is 0 Å². The van der Waals surface area contributed by atoms with Crippen LogP contribution in [-0.4, -0.2) is 16.2 Å². The fraction of sp³-hybridized carbons (Fsp3) is 0.0862. The molecule has 0 saturated heterocycles. The van der Waals surface area contributed by atoms with E-state index in [2.05, 4.69) is 205 Å². The van der Waals surface area contributed by atoms with Crippen LogP contribution in [0.2, 0.25) is 0 Å². The van der Waals surface area contributed by atoms with E-state index in [1.54, 1.807) is 0 Å². The predicted octanol–water partition coefficient (Wildman–Crippen LogP) is 15.7. The van der Waals surface area contributed by atoms with Crippen molar-refractivity contribution < 1.29 is 9.13 Å². The van der Waals surface area contributed by atoms with Gasteiger partial charge in [-0.15, -0.1) is 0 Å². The Labute approximate surface area is 372 Å². The molecule has 0 spiro atoms. The second-order valence-electron chi connectivity index (χ2n) is 17.4. The summed E-state index contributed by atoms with van der Waals surface area (Å²) >= 11 is 0. The summed E-state index contributed by atoms with van der Waals surface area (Å²) in [6.45, 7) is 7.24. The number of para-hydroxylation sites is 4. The van der Waals surface area contributed by atoms with Crippen molar-refractivity contribution in [2.24, 2.45) is 0 Å². The minimum Gasteiger partial charge on any atom is -0.457 e. The lowest BCUT2D eigenvalue weighted by molar-refractivity contribution is 0.483. The van der Waals surface area contributed by atoms with E-state index in [9.17, 15) is 4.39 Å². The van der Waals surface area contributed by atoms with E-state index in [1.807, 2.05) is 24.4 Å². The van der Waals surface area contributed by atoms with E-state index in [1.165, 1.54) is 17.7 Å². The van der Waals surface area contributed by atoms with Crippen LogP contribution < -0.4 is 14.5 Å². The van der Waals surface area contributed by atoms with Crippen molar-refractivity contribution in [1.82, 2.24) is 9.55 Å². The van der Waals surface area contributed by atoms with E-state index in [-0.39, 0.29) is 11.2 Å². The maximum atomic E-state index is 14.1. The Morgan fingerprint density at radius 2 is 1.11 bits per heavy atom. The van der Waals surface area contributed by atoms with Gasteiger partial charge in [0.1, 0.15) is 29.8 Å². The van der Waals surface area contributed by atoms with Crippen molar-refractivity contribution >= 4 is 44.6 Å². The highest BCUT2D eigenvalue weighted by molar-refractivity contribution is 6.09. The smallest absolute Gasteiger partial charge is 0.137 e. The first-order chi connectivity index (χ1) is 31.3. The minimum atomic E-state index is -0.254. The van der Waals surface area contributed by atoms with Crippen LogP contribution in [0, 0.1) is 5.82 Å². The Morgan fingerprint density at radius 3 is 1.88 bits per heavy atom. The number of nitrogens with zero attached hydrogens (tertiary/aromatic N) is 4. The molecule has 0 aliphatic carbocycles. The van der Waals surface area contributed by atoms with Gasteiger partial charge in [0.15, 0.2) is 0 Å². The molecule has 5 nitrogen and oxygen atoms in total. The molecule has 0 atom stereocenters. The SMILES string of the molecule is CC(C)(C)c1ccnc(-n2c3ccccc3c3ccc(Oc4cc(-c5ccccc5-c5ccccc5)cc(N5CN(c6ccccc6-c6ccc(F)cc6)c6ccccc65)c4)cc32)c1. The Morgan fingerprint density at radius 1 is 0.484 bits per heavy atom. The Kier molecular flexibility index (Phi) is 9.58. The van der Waals surface area contributed by atoms with E-state index in [4.69, 9.17) is 9.72 Å². The molecule has 0 bridgehead atoms. The van der Waals surface area contributed by atoms with Gasteiger partial charge in [-0.3, -0.25) is 4.57 Å². The van der Waals surface area contributed by atoms with Crippen LogP contribution in [0.1, 0.15) is 26.3 Å². The van der Waals surface area contributed by atoms with E-state index < -0.39 is 0 Å². The zero-order valence-electron chi connectivity index (χ0n) is 35.9. The number of rotatable bonds is 8. The van der Waals surface area contributed by atoms with Gasteiger partial charge in [0.05, 0.1) is 28.1 Å². The molecule has 10 aromatic rings. The molecule has 0 N–H and O–H groups in total. The third-order valence-corrected chi connectivity index (χ3v) is 12.3. The fourth-order valence-corrected chi connectivity index (χ4v) is 9.19. The number of anilines is 4. The Balaban J connectivity index is 1.06. The molecule has 0 unspecified atom stereocenters. The highest BCUT2D eigenvalue weighted by atomic mass is 19.1. The van der Waals surface area contributed by atoms with Gasteiger partial charge >= 0.3 is 0 Å². The molecule has 0 amide bonds.